The molecule has 0 unspecified atom stereocenters. The number of hydrogen-bond donors (Lipinski definition) is 2. The molecule has 0 aromatic carbocycles. The zero-order valence-electron chi connectivity index (χ0n) is 11.2. The minimum Gasteiger partial charge on any atom is -0.337 e. The first-order chi connectivity index (χ1) is 9.75. The maximum absolute atomic E-state index is 11.6. The van der Waals surface area contributed by atoms with Gasteiger partial charge in [-0.25, -0.2) is 9.78 Å². The van der Waals surface area contributed by atoms with Crippen LogP contribution in [0.5, 0.6) is 0 Å². The molecule has 2 aromatic rings. The Morgan fingerprint density at radius 3 is 3.00 bits per heavy atom. The zero-order valence-corrected chi connectivity index (χ0v) is 12.1. The van der Waals surface area contributed by atoms with Gasteiger partial charge in [0, 0.05) is 50.7 Å². The monoisotopic (exact) mass is 291 g/mol. The number of rotatable bonds is 6. The average Bonchev–Trinajstić information content (AvgIpc) is 2.88. The Bertz CT molecular complexity index is 543. The molecule has 0 aliphatic rings. The van der Waals surface area contributed by atoms with Gasteiger partial charge >= 0.3 is 6.03 Å². The predicted octanol–water partition coefficient (Wildman–Crippen LogP) is 1.41. The topological polar surface area (TPSA) is 71.8 Å². The lowest BCUT2D eigenvalue weighted by molar-refractivity contribution is 0.241. The lowest BCUT2D eigenvalue weighted by atomic mass is 10.3. The van der Waals surface area contributed by atoms with Crippen molar-refractivity contribution < 1.29 is 4.79 Å². The number of amides is 2. The summed E-state index contributed by atoms with van der Waals surface area (Å²) >= 11 is 1.61. The number of nitrogens with zero attached hydrogens (tertiary/aromatic N) is 3. The fraction of sp³-hybridized carbons (Fsp3) is 0.308. The number of carbonyl (C=O) groups is 1. The van der Waals surface area contributed by atoms with E-state index in [1.54, 1.807) is 30.4 Å². The first-order valence-corrected chi connectivity index (χ1v) is 7.25. The first kappa shape index (κ1) is 14.4. The van der Waals surface area contributed by atoms with Crippen LogP contribution in [0.15, 0.2) is 42.1 Å². The highest BCUT2D eigenvalue weighted by Gasteiger charge is 2.02. The quantitative estimate of drug-likeness (QED) is 0.623. The number of aromatic nitrogens is 3. The molecule has 7 heteroatoms. The summed E-state index contributed by atoms with van der Waals surface area (Å²) in [6, 6.07) is 3.59. The van der Waals surface area contributed by atoms with E-state index in [0.29, 0.717) is 13.1 Å². The number of carbonyl (C=O) groups excluding carboxylic acids is 1. The number of imidazole rings is 1. The molecular formula is C13H17N5OS. The highest BCUT2D eigenvalue weighted by atomic mass is 32.2. The summed E-state index contributed by atoms with van der Waals surface area (Å²) in [4.78, 5) is 19.8. The van der Waals surface area contributed by atoms with Crippen LogP contribution >= 0.6 is 11.8 Å². The van der Waals surface area contributed by atoms with E-state index in [0.717, 1.165) is 16.5 Å². The lowest BCUT2D eigenvalue weighted by Gasteiger charge is -2.07. The van der Waals surface area contributed by atoms with E-state index < -0.39 is 0 Å². The average molecular weight is 291 g/mol. The number of thioether (sulfide) groups is 1. The minimum atomic E-state index is -0.172. The molecule has 2 heterocycles. The van der Waals surface area contributed by atoms with Crippen LogP contribution in [-0.2, 0) is 13.6 Å². The third-order valence-corrected chi connectivity index (χ3v) is 3.63. The van der Waals surface area contributed by atoms with Crippen molar-refractivity contribution >= 4 is 17.8 Å². The largest absolute Gasteiger partial charge is 0.337 e. The molecule has 2 aromatic heterocycles. The molecule has 0 saturated carbocycles. The van der Waals surface area contributed by atoms with Gasteiger partial charge < -0.3 is 15.2 Å². The van der Waals surface area contributed by atoms with E-state index in [4.69, 9.17) is 0 Å². The van der Waals surface area contributed by atoms with Crippen molar-refractivity contribution in [3.8, 4) is 0 Å². The first-order valence-electron chi connectivity index (χ1n) is 6.26. The minimum absolute atomic E-state index is 0.172. The second-order valence-corrected chi connectivity index (χ2v) is 5.20. The Balaban J connectivity index is 1.60. The summed E-state index contributed by atoms with van der Waals surface area (Å²) in [7, 11) is 1.95. The van der Waals surface area contributed by atoms with Gasteiger partial charge in [-0.3, -0.25) is 4.98 Å². The molecule has 2 rings (SSSR count). The van der Waals surface area contributed by atoms with E-state index in [1.165, 1.54) is 0 Å². The van der Waals surface area contributed by atoms with Crippen LogP contribution in [-0.4, -0.2) is 32.9 Å². The number of pyridine rings is 1. The molecule has 0 radical (unpaired) electrons. The van der Waals surface area contributed by atoms with Crippen LogP contribution in [0.4, 0.5) is 4.79 Å². The number of aryl methyl sites for hydroxylation is 1. The van der Waals surface area contributed by atoms with Gasteiger partial charge in [0.25, 0.3) is 0 Å². The number of urea groups is 1. The zero-order chi connectivity index (χ0) is 14.2. The van der Waals surface area contributed by atoms with Crippen LogP contribution < -0.4 is 10.6 Å². The summed E-state index contributed by atoms with van der Waals surface area (Å²) in [5, 5.41) is 6.54. The molecule has 20 heavy (non-hydrogen) atoms. The Hall–Kier alpha value is -2.02. The van der Waals surface area contributed by atoms with Gasteiger partial charge in [0.2, 0.25) is 0 Å². The van der Waals surface area contributed by atoms with Crippen molar-refractivity contribution in [2.45, 2.75) is 11.7 Å². The summed E-state index contributed by atoms with van der Waals surface area (Å²) in [5.41, 5.74) is 0.977. The second-order valence-electron chi connectivity index (χ2n) is 4.14. The molecule has 0 spiro atoms. The fourth-order valence-electron chi connectivity index (χ4n) is 1.55. The van der Waals surface area contributed by atoms with Crippen molar-refractivity contribution in [1.29, 1.82) is 0 Å². The highest BCUT2D eigenvalue weighted by molar-refractivity contribution is 7.99. The molecule has 6 nitrogen and oxygen atoms in total. The van der Waals surface area contributed by atoms with Crippen molar-refractivity contribution in [3.63, 3.8) is 0 Å². The van der Waals surface area contributed by atoms with Crippen molar-refractivity contribution in [2.24, 2.45) is 7.05 Å². The molecule has 2 N–H and O–H groups in total. The van der Waals surface area contributed by atoms with Gasteiger partial charge in [-0.1, -0.05) is 17.8 Å². The van der Waals surface area contributed by atoms with Crippen LogP contribution in [0, 0.1) is 0 Å². The van der Waals surface area contributed by atoms with Crippen LogP contribution in [0.1, 0.15) is 5.56 Å². The van der Waals surface area contributed by atoms with Crippen molar-refractivity contribution in [2.75, 3.05) is 12.3 Å². The Kier molecular flexibility index (Phi) is 5.43. The van der Waals surface area contributed by atoms with E-state index in [2.05, 4.69) is 20.6 Å². The lowest BCUT2D eigenvalue weighted by Crippen LogP contribution is -2.36. The van der Waals surface area contributed by atoms with Gasteiger partial charge in [-0.05, 0) is 11.6 Å². The second kappa shape index (κ2) is 7.54. The molecule has 0 bridgehead atoms. The summed E-state index contributed by atoms with van der Waals surface area (Å²) in [5.74, 6) is 0.783. The molecule has 2 amide bonds. The smallest absolute Gasteiger partial charge is 0.315 e. The third-order valence-electron chi connectivity index (χ3n) is 2.57. The number of hydrogen-bond acceptors (Lipinski definition) is 4. The van der Waals surface area contributed by atoms with E-state index in [9.17, 15) is 4.79 Å². The molecule has 0 atom stereocenters. The highest BCUT2D eigenvalue weighted by Crippen LogP contribution is 2.12. The maximum Gasteiger partial charge on any atom is 0.315 e. The standard InChI is InChI=1S/C13H17N5OS/c1-18-7-5-16-13(18)20-8-6-15-12(19)17-10-11-3-2-4-14-9-11/h2-5,7,9H,6,8,10H2,1H3,(H2,15,17,19). The normalized spacial score (nSPS) is 10.2. The third kappa shape index (κ3) is 4.58. The fourth-order valence-corrected chi connectivity index (χ4v) is 2.33. The molecular weight excluding hydrogens is 274 g/mol. The van der Waals surface area contributed by atoms with Crippen molar-refractivity contribution in [3.05, 3.63) is 42.5 Å². The van der Waals surface area contributed by atoms with E-state index in [-0.39, 0.29) is 6.03 Å². The Morgan fingerprint density at radius 1 is 1.40 bits per heavy atom. The Labute approximate surface area is 122 Å². The summed E-state index contributed by atoms with van der Waals surface area (Å²) in [6.07, 6.45) is 7.10. The molecule has 0 aliphatic heterocycles. The van der Waals surface area contributed by atoms with Crippen LogP contribution in [0.3, 0.4) is 0 Å². The van der Waals surface area contributed by atoms with Crippen LogP contribution in [0.2, 0.25) is 0 Å². The molecule has 0 fully saturated rings. The van der Waals surface area contributed by atoms with Crippen LogP contribution in [0.25, 0.3) is 0 Å². The summed E-state index contributed by atoms with van der Waals surface area (Å²) < 4.78 is 1.95. The van der Waals surface area contributed by atoms with Gasteiger partial charge in [-0.15, -0.1) is 0 Å². The van der Waals surface area contributed by atoms with Gasteiger partial charge in [0.05, 0.1) is 0 Å². The molecule has 106 valence electrons. The SMILES string of the molecule is Cn1ccnc1SCCNC(=O)NCc1cccnc1. The Morgan fingerprint density at radius 2 is 2.30 bits per heavy atom. The van der Waals surface area contributed by atoms with Crippen molar-refractivity contribution in [1.82, 2.24) is 25.2 Å². The number of nitrogens with one attached hydrogen (secondary N) is 2. The van der Waals surface area contributed by atoms with Gasteiger partial charge in [-0.2, -0.15) is 0 Å². The maximum atomic E-state index is 11.6. The van der Waals surface area contributed by atoms with Gasteiger partial charge in [0.15, 0.2) is 5.16 Å². The van der Waals surface area contributed by atoms with E-state index >= 15 is 0 Å². The van der Waals surface area contributed by atoms with E-state index in [1.807, 2.05) is 29.9 Å². The predicted molar refractivity (Wildman–Crippen MR) is 78.4 cm³/mol. The summed E-state index contributed by atoms with van der Waals surface area (Å²) in [6.45, 7) is 1.07. The molecule has 0 saturated heterocycles. The van der Waals surface area contributed by atoms with Gasteiger partial charge in [0.1, 0.15) is 0 Å². The molecule has 0 aliphatic carbocycles.